The van der Waals surface area contributed by atoms with Gasteiger partial charge >= 0.3 is 0 Å². The SMILES string of the molecule is CCCNc1ncc(CSc2nnc3ccccn23)s1. The minimum atomic E-state index is 0.862. The monoisotopic (exact) mass is 305 g/mol. The van der Waals surface area contributed by atoms with Crippen LogP contribution in [0.25, 0.3) is 5.65 Å². The minimum absolute atomic E-state index is 0.862. The Morgan fingerprint density at radius 1 is 1.35 bits per heavy atom. The van der Waals surface area contributed by atoms with E-state index in [-0.39, 0.29) is 0 Å². The Bertz CT molecular complexity index is 691. The van der Waals surface area contributed by atoms with Crippen molar-refractivity contribution < 1.29 is 0 Å². The summed E-state index contributed by atoms with van der Waals surface area (Å²) < 4.78 is 2.00. The summed E-state index contributed by atoms with van der Waals surface area (Å²) in [6.45, 7) is 3.11. The predicted molar refractivity (Wildman–Crippen MR) is 83.4 cm³/mol. The van der Waals surface area contributed by atoms with E-state index in [9.17, 15) is 0 Å². The number of thiazole rings is 1. The number of nitrogens with zero attached hydrogens (tertiary/aromatic N) is 4. The van der Waals surface area contributed by atoms with Gasteiger partial charge in [0.15, 0.2) is 15.9 Å². The van der Waals surface area contributed by atoms with E-state index in [1.54, 1.807) is 23.1 Å². The molecule has 104 valence electrons. The van der Waals surface area contributed by atoms with Gasteiger partial charge in [0.2, 0.25) is 0 Å². The van der Waals surface area contributed by atoms with Gasteiger partial charge in [0.1, 0.15) is 0 Å². The lowest BCUT2D eigenvalue weighted by Crippen LogP contribution is -1.97. The summed E-state index contributed by atoms with van der Waals surface area (Å²) in [6.07, 6.45) is 5.02. The molecule has 0 radical (unpaired) electrons. The average molecular weight is 305 g/mol. The number of aromatic nitrogens is 4. The van der Waals surface area contributed by atoms with E-state index in [2.05, 4.69) is 27.4 Å². The molecule has 0 fully saturated rings. The second kappa shape index (κ2) is 6.23. The molecule has 3 rings (SSSR count). The quantitative estimate of drug-likeness (QED) is 0.708. The first-order valence-corrected chi connectivity index (χ1v) is 8.28. The summed E-state index contributed by atoms with van der Waals surface area (Å²) in [7, 11) is 0. The fourth-order valence-corrected chi connectivity index (χ4v) is 3.53. The van der Waals surface area contributed by atoms with Crippen LogP contribution in [0.3, 0.4) is 0 Å². The summed E-state index contributed by atoms with van der Waals surface area (Å²) >= 11 is 3.38. The van der Waals surface area contributed by atoms with E-state index in [0.717, 1.165) is 34.7 Å². The van der Waals surface area contributed by atoms with Gasteiger partial charge in [-0.3, -0.25) is 4.40 Å². The first-order valence-electron chi connectivity index (χ1n) is 6.48. The summed E-state index contributed by atoms with van der Waals surface area (Å²) in [5, 5.41) is 13.6. The average Bonchev–Trinajstić information content (AvgIpc) is 3.10. The highest BCUT2D eigenvalue weighted by atomic mass is 32.2. The molecular formula is C13H15N5S2. The molecule has 3 aromatic rings. The number of rotatable bonds is 6. The Hall–Kier alpha value is -1.60. The highest BCUT2D eigenvalue weighted by Crippen LogP contribution is 2.26. The molecule has 20 heavy (non-hydrogen) atoms. The lowest BCUT2D eigenvalue weighted by Gasteiger charge is -1.98. The smallest absolute Gasteiger partial charge is 0.195 e. The van der Waals surface area contributed by atoms with Gasteiger partial charge in [0.05, 0.1) is 0 Å². The van der Waals surface area contributed by atoms with Crippen LogP contribution in [0, 0.1) is 0 Å². The van der Waals surface area contributed by atoms with E-state index in [0.29, 0.717) is 0 Å². The second-order valence-electron chi connectivity index (χ2n) is 4.26. The van der Waals surface area contributed by atoms with E-state index in [1.165, 1.54) is 4.88 Å². The van der Waals surface area contributed by atoms with Crippen molar-refractivity contribution in [2.24, 2.45) is 0 Å². The molecule has 3 heterocycles. The zero-order valence-corrected chi connectivity index (χ0v) is 12.7. The Kier molecular flexibility index (Phi) is 4.17. The Labute approximate surface area is 125 Å². The Morgan fingerprint density at radius 2 is 2.30 bits per heavy atom. The van der Waals surface area contributed by atoms with Crippen molar-refractivity contribution in [3.8, 4) is 0 Å². The van der Waals surface area contributed by atoms with Crippen LogP contribution < -0.4 is 5.32 Å². The van der Waals surface area contributed by atoms with Crippen molar-refractivity contribution in [3.05, 3.63) is 35.5 Å². The van der Waals surface area contributed by atoms with E-state index < -0.39 is 0 Å². The first-order chi connectivity index (χ1) is 9.86. The topological polar surface area (TPSA) is 55.1 Å². The predicted octanol–water partition coefficient (Wildman–Crippen LogP) is 3.30. The van der Waals surface area contributed by atoms with Crippen molar-refractivity contribution in [2.75, 3.05) is 11.9 Å². The molecule has 3 aromatic heterocycles. The Morgan fingerprint density at radius 3 is 3.20 bits per heavy atom. The number of fused-ring (bicyclic) bond motifs is 1. The molecule has 0 aliphatic carbocycles. The molecule has 0 unspecified atom stereocenters. The Balaban J connectivity index is 1.65. The lowest BCUT2D eigenvalue weighted by atomic mass is 10.5. The van der Waals surface area contributed by atoms with Crippen LogP contribution in [0.1, 0.15) is 18.2 Å². The van der Waals surface area contributed by atoms with Crippen LogP contribution in [-0.4, -0.2) is 26.1 Å². The minimum Gasteiger partial charge on any atom is -0.362 e. The van der Waals surface area contributed by atoms with Gasteiger partial charge in [-0.25, -0.2) is 4.98 Å². The van der Waals surface area contributed by atoms with E-state index >= 15 is 0 Å². The molecule has 0 bridgehead atoms. The maximum atomic E-state index is 4.37. The van der Waals surface area contributed by atoms with E-state index in [1.807, 2.05) is 35.0 Å². The standard InChI is InChI=1S/C13H15N5S2/c1-2-6-14-12-15-8-10(20-12)9-19-13-17-16-11-5-3-4-7-18(11)13/h3-5,7-8H,2,6,9H2,1H3,(H,14,15). The molecule has 0 atom stereocenters. The van der Waals surface area contributed by atoms with Gasteiger partial charge in [-0.05, 0) is 18.6 Å². The van der Waals surface area contributed by atoms with Crippen LogP contribution in [0.15, 0.2) is 35.7 Å². The number of pyridine rings is 1. The number of nitrogens with one attached hydrogen (secondary N) is 1. The van der Waals surface area contributed by atoms with Crippen molar-refractivity contribution in [2.45, 2.75) is 24.3 Å². The third-order valence-corrected chi connectivity index (χ3v) is 4.84. The lowest BCUT2D eigenvalue weighted by molar-refractivity contribution is 0.921. The summed E-state index contributed by atoms with van der Waals surface area (Å²) in [5.74, 6) is 0.862. The first kappa shape index (κ1) is 13.4. The largest absolute Gasteiger partial charge is 0.362 e. The molecule has 0 saturated carbocycles. The van der Waals surface area contributed by atoms with Gasteiger partial charge < -0.3 is 5.32 Å². The van der Waals surface area contributed by atoms with Gasteiger partial charge in [0, 0.05) is 29.6 Å². The molecule has 1 N–H and O–H groups in total. The van der Waals surface area contributed by atoms with Crippen molar-refractivity contribution >= 4 is 33.9 Å². The summed E-state index contributed by atoms with van der Waals surface area (Å²) in [6, 6.07) is 5.91. The van der Waals surface area contributed by atoms with Crippen LogP contribution >= 0.6 is 23.1 Å². The summed E-state index contributed by atoms with van der Waals surface area (Å²) in [5.41, 5.74) is 0.879. The third kappa shape index (κ3) is 2.94. The maximum Gasteiger partial charge on any atom is 0.195 e. The maximum absolute atomic E-state index is 4.37. The van der Waals surface area contributed by atoms with Crippen LogP contribution in [-0.2, 0) is 5.75 Å². The zero-order valence-electron chi connectivity index (χ0n) is 11.1. The van der Waals surface area contributed by atoms with Gasteiger partial charge in [0.25, 0.3) is 0 Å². The normalized spacial score (nSPS) is 11.1. The molecule has 0 spiro atoms. The molecule has 5 nitrogen and oxygen atoms in total. The molecule has 0 aliphatic heterocycles. The molecule has 7 heteroatoms. The van der Waals surface area contributed by atoms with Gasteiger partial charge in [-0.2, -0.15) is 0 Å². The number of hydrogen-bond donors (Lipinski definition) is 1. The molecule has 0 saturated heterocycles. The highest BCUT2D eigenvalue weighted by Gasteiger charge is 2.07. The van der Waals surface area contributed by atoms with Crippen molar-refractivity contribution in [1.82, 2.24) is 19.6 Å². The number of thioether (sulfide) groups is 1. The summed E-state index contributed by atoms with van der Waals surface area (Å²) in [4.78, 5) is 5.60. The van der Waals surface area contributed by atoms with Gasteiger partial charge in [-0.1, -0.05) is 24.8 Å². The molecule has 0 aromatic carbocycles. The molecule has 0 amide bonds. The van der Waals surface area contributed by atoms with Gasteiger partial charge in [-0.15, -0.1) is 21.5 Å². The number of hydrogen-bond acceptors (Lipinski definition) is 6. The zero-order chi connectivity index (χ0) is 13.8. The van der Waals surface area contributed by atoms with Crippen molar-refractivity contribution in [3.63, 3.8) is 0 Å². The fraction of sp³-hybridized carbons (Fsp3) is 0.308. The fourth-order valence-electron chi connectivity index (χ4n) is 1.74. The number of anilines is 1. The van der Waals surface area contributed by atoms with Crippen LogP contribution in [0.5, 0.6) is 0 Å². The van der Waals surface area contributed by atoms with Crippen LogP contribution in [0.2, 0.25) is 0 Å². The molecular weight excluding hydrogens is 290 g/mol. The second-order valence-corrected chi connectivity index (χ2v) is 6.32. The third-order valence-electron chi connectivity index (χ3n) is 2.71. The van der Waals surface area contributed by atoms with Crippen LogP contribution in [0.4, 0.5) is 5.13 Å². The van der Waals surface area contributed by atoms with Crippen molar-refractivity contribution in [1.29, 1.82) is 0 Å². The molecule has 0 aliphatic rings. The highest BCUT2D eigenvalue weighted by molar-refractivity contribution is 7.98. The van der Waals surface area contributed by atoms with E-state index in [4.69, 9.17) is 0 Å².